The maximum Gasteiger partial charge on any atom is 0.0702 e. The monoisotopic (exact) mass is 355 g/mol. The molecule has 0 aliphatic carbocycles. The van der Waals surface area contributed by atoms with Crippen molar-refractivity contribution in [3.05, 3.63) is 59.2 Å². The maximum absolute atomic E-state index is 6.28. The van der Waals surface area contributed by atoms with Gasteiger partial charge in [0.05, 0.1) is 5.52 Å². The summed E-state index contributed by atoms with van der Waals surface area (Å²) in [5, 5.41) is 4.24. The Hall–Kier alpha value is -1.97. The molecule has 0 unspecified atom stereocenters. The molecule has 0 spiro atoms. The molecule has 0 aliphatic heterocycles. The van der Waals surface area contributed by atoms with Crippen molar-refractivity contribution in [3.63, 3.8) is 0 Å². The third kappa shape index (κ3) is 4.00. The average molecular weight is 356 g/mol. The minimum atomic E-state index is 0.772. The van der Waals surface area contributed by atoms with Crippen molar-refractivity contribution in [3.8, 4) is 11.1 Å². The lowest BCUT2D eigenvalue weighted by Crippen LogP contribution is -2.32. The minimum Gasteiger partial charge on any atom is -0.316 e. The number of aryl methyl sites for hydroxylation is 1. The highest BCUT2D eigenvalue weighted by Gasteiger charge is 2.13. The van der Waals surface area contributed by atoms with Gasteiger partial charge in [0, 0.05) is 35.8 Å². The lowest BCUT2D eigenvalue weighted by Gasteiger charge is -2.22. The van der Waals surface area contributed by atoms with Gasteiger partial charge < -0.3 is 9.91 Å². The zero-order chi connectivity index (χ0) is 18.0. The number of halogens is 1. The van der Waals surface area contributed by atoms with Crippen molar-refractivity contribution >= 4 is 22.5 Å². The Labute approximate surface area is 155 Å². The molecule has 4 heteroatoms. The van der Waals surface area contributed by atoms with E-state index in [2.05, 4.69) is 85.2 Å². The summed E-state index contributed by atoms with van der Waals surface area (Å²) >= 11 is 6.28. The predicted octanol–water partition coefficient (Wildman–Crippen LogP) is 4.79. The quantitative estimate of drug-likeness (QED) is 0.629. The van der Waals surface area contributed by atoms with Gasteiger partial charge in [-0.1, -0.05) is 41.4 Å². The molecule has 0 amide bonds. The SMILES string of the molecule is Cc1ccc(-c2cn(N(C)CCCN(C)C)c3ccc(Cl)cc23)cc1. The highest BCUT2D eigenvalue weighted by Crippen LogP contribution is 2.32. The Morgan fingerprint density at radius 2 is 1.68 bits per heavy atom. The van der Waals surface area contributed by atoms with Gasteiger partial charge in [0.25, 0.3) is 0 Å². The summed E-state index contributed by atoms with van der Waals surface area (Å²) in [5.74, 6) is 0. The first kappa shape index (κ1) is 17.8. The molecule has 3 rings (SSSR count). The second kappa shape index (κ2) is 7.51. The van der Waals surface area contributed by atoms with Gasteiger partial charge >= 0.3 is 0 Å². The van der Waals surface area contributed by atoms with E-state index in [1.807, 2.05) is 6.07 Å². The van der Waals surface area contributed by atoms with Gasteiger partial charge in [-0.25, -0.2) is 0 Å². The molecule has 25 heavy (non-hydrogen) atoms. The highest BCUT2D eigenvalue weighted by molar-refractivity contribution is 6.31. The fourth-order valence-electron chi connectivity index (χ4n) is 3.15. The van der Waals surface area contributed by atoms with Gasteiger partial charge in [-0.2, -0.15) is 0 Å². The summed E-state index contributed by atoms with van der Waals surface area (Å²) in [4.78, 5) is 2.22. The molecule has 0 radical (unpaired) electrons. The number of benzene rings is 2. The van der Waals surface area contributed by atoms with Gasteiger partial charge in [0.1, 0.15) is 0 Å². The van der Waals surface area contributed by atoms with Crippen LogP contribution in [0.5, 0.6) is 0 Å². The second-order valence-electron chi connectivity index (χ2n) is 6.95. The Kier molecular flexibility index (Phi) is 5.36. The molecule has 132 valence electrons. The van der Waals surface area contributed by atoms with E-state index >= 15 is 0 Å². The number of fused-ring (bicyclic) bond motifs is 1. The highest BCUT2D eigenvalue weighted by atomic mass is 35.5. The molecule has 0 fully saturated rings. The van der Waals surface area contributed by atoms with E-state index in [0.717, 1.165) is 24.5 Å². The Morgan fingerprint density at radius 1 is 0.960 bits per heavy atom. The number of hydrogen-bond acceptors (Lipinski definition) is 2. The van der Waals surface area contributed by atoms with Crippen molar-refractivity contribution in [2.24, 2.45) is 0 Å². The summed E-state index contributed by atoms with van der Waals surface area (Å²) in [6.45, 7) is 4.20. The predicted molar refractivity (Wildman–Crippen MR) is 109 cm³/mol. The zero-order valence-electron chi connectivity index (χ0n) is 15.5. The molecule has 3 nitrogen and oxygen atoms in total. The van der Waals surface area contributed by atoms with Crippen molar-refractivity contribution in [1.29, 1.82) is 0 Å². The summed E-state index contributed by atoms with van der Waals surface area (Å²) < 4.78 is 2.25. The van der Waals surface area contributed by atoms with Crippen LogP contribution < -0.4 is 5.01 Å². The molecular formula is C21H26ClN3. The van der Waals surface area contributed by atoms with E-state index in [0.29, 0.717) is 0 Å². The van der Waals surface area contributed by atoms with Crippen LogP contribution in [-0.4, -0.2) is 43.8 Å². The molecule has 0 aliphatic rings. The second-order valence-corrected chi connectivity index (χ2v) is 7.39. The summed E-state index contributed by atoms with van der Waals surface area (Å²) in [6.07, 6.45) is 3.35. The van der Waals surface area contributed by atoms with Gasteiger partial charge in [-0.05, 0) is 57.7 Å². The van der Waals surface area contributed by atoms with E-state index in [9.17, 15) is 0 Å². The van der Waals surface area contributed by atoms with E-state index < -0.39 is 0 Å². The van der Waals surface area contributed by atoms with Crippen LogP contribution in [0.15, 0.2) is 48.7 Å². The van der Waals surface area contributed by atoms with E-state index in [-0.39, 0.29) is 0 Å². The van der Waals surface area contributed by atoms with Crippen molar-refractivity contribution < 1.29 is 0 Å². The van der Waals surface area contributed by atoms with Crippen molar-refractivity contribution in [2.45, 2.75) is 13.3 Å². The van der Waals surface area contributed by atoms with Gasteiger partial charge in [-0.15, -0.1) is 0 Å². The first-order chi connectivity index (χ1) is 12.0. The number of nitrogens with zero attached hydrogens (tertiary/aromatic N) is 3. The summed E-state index contributed by atoms with van der Waals surface area (Å²) in [5.41, 5.74) is 4.90. The van der Waals surface area contributed by atoms with E-state index in [4.69, 9.17) is 11.6 Å². The molecule has 0 saturated heterocycles. The summed E-state index contributed by atoms with van der Waals surface area (Å²) in [6, 6.07) is 14.8. The van der Waals surface area contributed by atoms with Crippen molar-refractivity contribution in [1.82, 2.24) is 9.58 Å². The molecule has 1 aromatic heterocycles. The molecule has 1 heterocycles. The number of hydrogen-bond donors (Lipinski definition) is 0. The average Bonchev–Trinajstić information content (AvgIpc) is 2.94. The fourth-order valence-corrected chi connectivity index (χ4v) is 3.33. The standard InChI is InChI=1S/C21H26ClN3/c1-16-6-8-17(9-7-16)20-15-25(24(4)13-5-12-23(2)3)21-11-10-18(22)14-19(20)21/h6-11,14-15H,5,12-13H2,1-4H3. The zero-order valence-corrected chi connectivity index (χ0v) is 16.2. The molecule has 2 aromatic carbocycles. The molecule has 0 N–H and O–H groups in total. The number of rotatable bonds is 6. The fraction of sp³-hybridized carbons (Fsp3) is 0.333. The van der Waals surface area contributed by atoms with Crippen molar-refractivity contribution in [2.75, 3.05) is 39.2 Å². The van der Waals surface area contributed by atoms with Crippen LogP contribution in [0.1, 0.15) is 12.0 Å². The first-order valence-corrected chi connectivity index (χ1v) is 9.07. The third-order valence-electron chi connectivity index (χ3n) is 4.56. The van der Waals surface area contributed by atoms with Gasteiger partial charge in [-0.3, -0.25) is 4.68 Å². The lowest BCUT2D eigenvalue weighted by molar-refractivity contribution is 0.396. The number of aromatic nitrogens is 1. The van der Waals surface area contributed by atoms with Crippen LogP contribution in [0.25, 0.3) is 22.0 Å². The Balaban J connectivity index is 2.00. The van der Waals surface area contributed by atoms with Crippen LogP contribution in [0.2, 0.25) is 5.02 Å². The molecular weight excluding hydrogens is 330 g/mol. The molecule has 0 saturated carbocycles. The van der Waals surface area contributed by atoms with E-state index in [1.165, 1.54) is 27.6 Å². The van der Waals surface area contributed by atoms with Crippen LogP contribution in [-0.2, 0) is 0 Å². The molecule has 3 aromatic rings. The van der Waals surface area contributed by atoms with Gasteiger partial charge in [0.15, 0.2) is 0 Å². The molecule has 0 atom stereocenters. The Morgan fingerprint density at radius 3 is 2.36 bits per heavy atom. The topological polar surface area (TPSA) is 11.4 Å². The maximum atomic E-state index is 6.28. The van der Waals surface area contributed by atoms with Crippen LogP contribution >= 0.6 is 11.6 Å². The largest absolute Gasteiger partial charge is 0.316 e. The molecule has 0 bridgehead atoms. The summed E-state index contributed by atoms with van der Waals surface area (Å²) in [7, 11) is 6.37. The first-order valence-electron chi connectivity index (χ1n) is 8.69. The lowest BCUT2D eigenvalue weighted by atomic mass is 10.0. The van der Waals surface area contributed by atoms with Crippen LogP contribution in [0.3, 0.4) is 0 Å². The third-order valence-corrected chi connectivity index (χ3v) is 4.80. The smallest absolute Gasteiger partial charge is 0.0702 e. The van der Waals surface area contributed by atoms with Gasteiger partial charge in [0.2, 0.25) is 0 Å². The van der Waals surface area contributed by atoms with E-state index in [1.54, 1.807) is 0 Å². The van der Waals surface area contributed by atoms with Crippen LogP contribution in [0, 0.1) is 6.92 Å². The normalized spacial score (nSPS) is 11.4. The van der Waals surface area contributed by atoms with Crippen LogP contribution in [0.4, 0.5) is 0 Å². The minimum absolute atomic E-state index is 0.772. The Bertz CT molecular complexity index is 849.